The number of nitrogens with one attached hydrogen (secondary N) is 1. The van der Waals surface area contributed by atoms with Gasteiger partial charge in [-0.25, -0.2) is 4.79 Å². The number of hydrogen-bond donors (Lipinski definition) is 3. The maximum Gasteiger partial charge on any atom is 0.335 e. The number of amides is 1. The van der Waals surface area contributed by atoms with Crippen LogP contribution >= 0.6 is 0 Å². The van der Waals surface area contributed by atoms with Crippen molar-refractivity contribution in [1.82, 2.24) is 5.32 Å². The quantitative estimate of drug-likeness (QED) is 0.427. The Bertz CT molecular complexity index is 231. The van der Waals surface area contributed by atoms with Crippen molar-refractivity contribution < 1.29 is 14.7 Å². The van der Waals surface area contributed by atoms with Gasteiger partial charge in [0.2, 0.25) is 5.91 Å². The van der Waals surface area contributed by atoms with E-state index in [1.807, 2.05) is 0 Å². The van der Waals surface area contributed by atoms with Gasteiger partial charge in [-0.1, -0.05) is 0 Å². The second kappa shape index (κ2) is 2.02. The van der Waals surface area contributed by atoms with Gasteiger partial charge in [0.05, 0.1) is 12.0 Å². The molecule has 0 fully saturated rings. The van der Waals surface area contributed by atoms with Gasteiger partial charge in [0.1, 0.15) is 5.82 Å². The fourth-order valence-corrected chi connectivity index (χ4v) is 0.716. The lowest BCUT2D eigenvalue weighted by Crippen LogP contribution is -2.20. The van der Waals surface area contributed by atoms with E-state index in [2.05, 4.69) is 5.32 Å². The normalized spacial score (nSPS) is 17.4. The summed E-state index contributed by atoms with van der Waals surface area (Å²) in [7, 11) is 0. The van der Waals surface area contributed by atoms with Crippen LogP contribution in [0.15, 0.2) is 11.4 Å². The van der Waals surface area contributed by atoms with E-state index >= 15 is 0 Å². The second-order valence-electron chi connectivity index (χ2n) is 1.92. The van der Waals surface area contributed by atoms with Gasteiger partial charge in [-0.05, 0) is 0 Å². The molecular formula is C5H6N2O3. The first kappa shape index (κ1) is 6.60. The lowest BCUT2D eigenvalue weighted by Gasteiger charge is -1.91. The zero-order valence-electron chi connectivity index (χ0n) is 5.05. The smallest absolute Gasteiger partial charge is 0.335 e. The van der Waals surface area contributed by atoms with E-state index in [0.29, 0.717) is 0 Å². The van der Waals surface area contributed by atoms with Crippen LogP contribution in [-0.4, -0.2) is 17.0 Å². The lowest BCUT2D eigenvalue weighted by atomic mass is 10.2. The minimum Gasteiger partial charge on any atom is -0.478 e. The molecule has 1 aliphatic heterocycles. The van der Waals surface area contributed by atoms with Crippen molar-refractivity contribution in [3.63, 3.8) is 0 Å². The molecule has 0 radical (unpaired) electrons. The Morgan fingerprint density at radius 1 is 1.70 bits per heavy atom. The summed E-state index contributed by atoms with van der Waals surface area (Å²) >= 11 is 0. The Morgan fingerprint density at radius 3 is 2.50 bits per heavy atom. The fourth-order valence-electron chi connectivity index (χ4n) is 0.716. The average Bonchev–Trinajstić information content (AvgIpc) is 2.10. The van der Waals surface area contributed by atoms with Crippen LogP contribution < -0.4 is 11.1 Å². The van der Waals surface area contributed by atoms with Gasteiger partial charge in [0.25, 0.3) is 0 Å². The Balaban J connectivity index is 2.86. The molecular weight excluding hydrogens is 136 g/mol. The number of aliphatic carboxylic acids is 1. The third-order valence-electron chi connectivity index (χ3n) is 1.19. The largest absolute Gasteiger partial charge is 0.478 e. The molecule has 10 heavy (non-hydrogen) atoms. The predicted octanol–water partition coefficient (Wildman–Crippen LogP) is -1.24. The molecule has 0 unspecified atom stereocenters. The minimum atomic E-state index is -1.14. The molecule has 0 aromatic rings. The number of nitrogens with two attached hydrogens (primary N) is 1. The first-order chi connectivity index (χ1) is 4.61. The Kier molecular flexibility index (Phi) is 1.33. The first-order valence-electron chi connectivity index (χ1n) is 2.63. The molecule has 1 rings (SSSR count). The number of rotatable bonds is 1. The monoisotopic (exact) mass is 142 g/mol. The summed E-state index contributed by atoms with van der Waals surface area (Å²) < 4.78 is 0. The third-order valence-corrected chi connectivity index (χ3v) is 1.19. The van der Waals surface area contributed by atoms with Gasteiger partial charge >= 0.3 is 5.97 Å². The molecule has 5 nitrogen and oxygen atoms in total. The molecule has 0 aliphatic carbocycles. The van der Waals surface area contributed by atoms with Crippen LogP contribution in [0.25, 0.3) is 0 Å². The maximum absolute atomic E-state index is 10.5. The molecule has 0 aromatic carbocycles. The number of carboxylic acid groups (broad SMARTS) is 1. The van der Waals surface area contributed by atoms with Crippen molar-refractivity contribution >= 4 is 11.9 Å². The second-order valence-corrected chi connectivity index (χ2v) is 1.92. The van der Waals surface area contributed by atoms with Crippen LogP contribution in [0.4, 0.5) is 0 Å². The molecule has 1 heterocycles. The third kappa shape index (κ3) is 0.928. The maximum atomic E-state index is 10.5. The highest BCUT2D eigenvalue weighted by molar-refractivity contribution is 5.98. The van der Waals surface area contributed by atoms with Crippen LogP contribution in [-0.2, 0) is 9.59 Å². The van der Waals surface area contributed by atoms with Crippen LogP contribution in [0.2, 0.25) is 0 Å². The summed E-state index contributed by atoms with van der Waals surface area (Å²) in [6.07, 6.45) is -0.124. The van der Waals surface area contributed by atoms with E-state index in [0.717, 1.165) is 0 Å². The fraction of sp³-hybridized carbons (Fsp3) is 0.200. The van der Waals surface area contributed by atoms with E-state index in [9.17, 15) is 9.59 Å². The summed E-state index contributed by atoms with van der Waals surface area (Å²) in [5.41, 5.74) is 5.09. The standard InChI is InChI=1S/C5H6N2O3/c6-4-2(5(9)10)1-3(8)7-4/h1,6H2,(H,7,8)(H,9,10). The highest BCUT2D eigenvalue weighted by Crippen LogP contribution is 2.09. The van der Waals surface area contributed by atoms with E-state index < -0.39 is 5.97 Å². The first-order valence-corrected chi connectivity index (χ1v) is 2.63. The number of hydrogen-bond acceptors (Lipinski definition) is 3. The molecule has 0 bridgehead atoms. The number of carbonyl (C=O) groups is 2. The topological polar surface area (TPSA) is 92.4 Å². The van der Waals surface area contributed by atoms with Crippen molar-refractivity contribution in [3.8, 4) is 0 Å². The predicted molar refractivity (Wildman–Crippen MR) is 31.6 cm³/mol. The zero-order valence-corrected chi connectivity index (χ0v) is 5.05. The van der Waals surface area contributed by atoms with Gasteiger partial charge in [0.15, 0.2) is 0 Å². The van der Waals surface area contributed by atoms with Gasteiger partial charge in [-0.3, -0.25) is 4.79 Å². The van der Waals surface area contributed by atoms with E-state index in [1.165, 1.54) is 0 Å². The van der Waals surface area contributed by atoms with Crippen LogP contribution in [0.1, 0.15) is 6.42 Å². The highest BCUT2D eigenvalue weighted by atomic mass is 16.4. The average molecular weight is 142 g/mol. The van der Waals surface area contributed by atoms with Crippen LogP contribution in [0.5, 0.6) is 0 Å². The molecule has 0 spiro atoms. The lowest BCUT2D eigenvalue weighted by molar-refractivity contribution is -0.133. The zero-order chi connectivity index (χ0) is 7.72. The summed E-state index contributed by atoms with van der Waals surface area (Å²) in [6, 6.07) is 0. The molecule has 0 aromatic heterocycles. The summed E-state index contributed by atoms with van der Waals surface area (Å²) in [4.78, 5) is 20.7. The molecule has 0 saturated heterocycles. The molecule has 0 atom stereocenters. The van der Waals surface area contributed by atoms with Crippen molar-refractivity contribution in [2.45, 2.75) is 6.42 Å². The molecule has 4 N–H and O–H groups in total. The summed E-state index contributed by atoms with van der Waals surface area (Å²) in [5, 5.41) is 10.6. The van der Waals surface area contributed by atoms with Crippen molar-refractivity contribution in [2.75, 3.05) is 0 Å². The molecule has 1 aliphatic rings. The number of carbonyl (C=O) groups excluding carboxylic acids is 1. The molecule has 0 saturated carbocycles. The van der Waals surface area contributed by atoms with Crippen molar-refractivity contribution in [1.29, 1.82) is 0 Å². The van der Waals surface area contributed by atoms with Gasteiger partial charge < -0.3 is 16.2 Å². The Hall–Kier alpha value is -1.52. The minimum absolute atomic E-state index is 0.0440. The van der Waals surface area contributed by atoms with E-state index in [1.54, 1.807) is 0 Å². The summed E-state index contributed by atoms with van der Waals surface area (Å²) in [6.45, 7) is 0. The highest BCUT2D eigenvalue weighted by Gasteiger charge is 2.23. The molecule has 1 amide bonds. The van der Waals surface area contributed by atoms with Crippen LogP contribution in [0.3, 0.4) is 0 Å². The van der Waals surface area contributed by atoms with Gasteiger partial charge in [-0.2, -0.15) is 0 Å². The van der Waals surface area contributed by atoms with E-state index in [4.69, 9.17) is 10.8 Å². The van der Waals surface area contributed by atoms with Gasteiger partial charge in [-0.15, -0.1) is 0 Å². The number of carboxylic acids is 1. The SMILES string of the molecule is NC1=C(C(=O)O)CC(=O)N1. The Morgan fingerprint density at radius 2 is 2.30 bits per heavy atom. The van der Waals surface area contributed by atoms with Gasteiger partial charge in [0, 0.05) is 0 Å². The van der Waals surface area contributed by atoms with E-state index in [-0.39, 0.29) is 23.7 Å². The van der Waals surface area contributed by atoms with Crippen LogP contribution in [0, 0.1) is 0 Å². The van der Waals surface area contributed by atoms with Crippen molar-refractivity contribution in [2.24, 2.45) is 5.73 Å². The summed E-state index contributed by atoms with van der Waals surface area (Å²) in [5.74, 6) is -1.55. The van der Waals surface area contributed by atoms with Crippen molar-refractivity contribution in [3.05, 3.63) is 11.4 Å². The molecule has 5 heteroatoms. The Labute approximate surface area is 56.5 Å². The molecule has 54 valence electrons.